The molecule has 10 heteroatoms. The number of nitrogens with zero attached hydrogens (tertiary/aromatic N) is 5. The molecule has 2 aromatic carbocycles. The lowest BCUT2D eigenvalue weighted by molar-refractivity contribution is -0.00355. The molecule has 33 heavy (non-hydrogen) atoms. The summed E-state index contributed by atoms with van der Waals surface area (Å²) < 4.78 is 28.3. The molecule has 8 nitrogen and oxygen atoms in total. The molecule has 0 saturated carbocycles. The minimum atomic E-state index is -0.684. The number of aliphatic hydroxyl groups is 2. The van der Waals surface area contributed by atoms with E-state index in [1.807, 2.05) is 26.0 Å². The van der Waals surface area contributed by atoms with Gasteiger partial charge in [0, 0.05) is 43.6 Å². The second-order valence-corrected chi connectivity index (χ2v) is 8.61. The van der Waals surface area contributed by atoms with Gasteiger partial charge in [-0.05, 0) is 49.7 Å². The van der Waals surface area contributed by atoms with Gasteiger partial charge in [0.15, 0.2) is 0 Å². The standard InChI is InChI=1S/C23H28F2N6O2/c1-16-7-19(27-22-26-15-31(28-22)21-10-17(24)9-18(25)11-21)12-20(8-16)29-3-5-30(6-4-29)23(2,13-32)14-33/h7-12,15,32-33H,3-6,13-14H2,1-2H3,(H,27,28). The van der Waals surface area contributed by atoms with Gasteiger partial charge >= 0.3 is 0 Å². The summed E-state index contributed by atoms with van der Waals surface area (Å²) in [5, 5.41) is 26.8. The van der Waals surface area contributed by atoms with Crippen molar-refractivity contribution in [1.82, 2.24) is 19.7 Å². The molecule has 1 saturated heterocycles. The van der Waals surface area contributed by atoms with Crippen molar-refractivity contribution in [2.24, 2.45) is 0 Å². The third-order valence-electron chi connectivity index (χ3n) is 6.01. The van der Waals surface area contributed by atoms with Gasteiger partial charge in [0.1, 0.15) is 18.0 Å². The zero-order chi connectivity index (χ0) is 23.6. The number of nitrogens with one attached hydrogen (secondary N) is 1. The van der Waals surface area contributed by atoms with Gasteiger partial charge in [-0.2, -0.15) is 4.98 Å². The second-order valence-electron chi connectivity index (χ2n) is 8.61. The molecule has 176 valence electrons. The SMILES string of the molecule is Cc1cc(Nc2ncn(-c3cc(F)cc(F)c3)n2)cc(N2CCN(C(C)(CO)CO)CC2)c1. The van der Waals surface area contributed by atoms with Gasteiger partial charge in [-0.3, -0.25) is 4.90 Å². The van der Waals surface area contributed by atoms with Crippen molar-refractivity contribution >= 4 is 17.3 Å². The van der Waals surface area contributed by atoms with Crippen LogP contribution in [0.4, 0.5) is 26.1 Å². The number of hydrogen-bond acceptors (Lipinski definition) is 7. The lowest BCUT2D eigenvalue weighted by Gasteiger charge is -2.44. The first-order valence-corrected chi connectivity index (χ1v) is 10.8. The summed E-state index contributed by atoms with van der Waals surface area (Å²) in [5.74, 6) is -1.06. The third kappa shape index (κ3) is 5.13. The molecule has 2 heterocycles. The molecule has 3 aromatic rings. The van der Waals surface area contributed by atoms with E-state index in [9.17, 15) is 19.0 Å². The highest BCUT2D eigenvalue weighted by atomic mass is 19.1. The van der Waals surface area contributed by atoms with Gasteiger partial charge in [-0.15, -0.1) is 5.10 Å². The van der Waals surface area contributed by atoms with Crippen LogP contribution in [0.5, 0.6) is 0 Å². The van der Waals surface area contributed by atoms with E-state index in [1.54, 1.807) is 0 Å². The number of aromatic nitrogens is 3. The summed E-state index contributed by atoms with van der Waals surface area (Å²) in [4.78, 5) is 8.57. The Bertz CT molecular complexity index is 1090. The predicted octanol–water partition coefficient (Wildman–Crippen LogP) is 2.46. The monoisotopic (exact) mass is 458 g/mol. The molecule has 3 N–H and O–H groups in total. The maximum Gasteiger partial charge on any atom is 0.246 e. The van der Waals surface area contributed by atoms with Crippen molar-refractivity contribution in [1.29, 1.82) is 0 Å². The highest BCUT2D eigenvalue weighted by molar-refractivity contribution is 5.64. The van der Waals surface area contributed by atoms with Gasteiger partial charge in [-0.1, -0.05) is 0 Å². The van der Waals surface area contributed by atoms with Crippen LogP contribution < -0.4 is 10.2 Å². The number of anilines is 3. The van der Waals surface area contributed by atoms with Crippen LogP contribution in [0.2, 0.25) is 0 Å². The van der Waals surface area contributed by atoms with Crippen LogP contribution >= 0.6 is 0 Å². The third-order valence-corrected chi connectivity index (χ3v) is 6.01. The van der Waals surface area contributed by atoms with E-state index in [2.05, 4.69) is 31.3 Å². The lowest BCUT2D eigenvalue weighted by atomic mass is 10.0. The zero-order valence-corrected chi connectivity index (χ0v) is 18.7. The fourth-order valence-corrected chi connectivity index (χ4v) is 4.02. The topological polar surface area (TPSA) is 89.7 Å². The summed E-state index contributed by atoms with van der Waals surface area (Å²) in [6, 6.07) is 9.25. The van der Waals surface area contributed by atoms with Crippen LogP contribution in [-0.2, 0) is 0 Å². The van der Waals surface area contributed by atoms with Crippen molar-refractivity contribution in [2.45, 2.75) is 19.4 Å². The Hall–Kier alpha value is -3.08. The fraction of sp³-hybridized carbons (Fsp3) is 0.391. The summed E-state index contributed by atoms with van der Waals surface area (Å²) in [5.41, 5.74) is 2.51. The number of hydrogen-bond donors (Lipinski definition) is 3. The van der Waals surface area contributed by atoms with E-state index in [1.165, 1.54) is 23.1 Å². The maximum atomic E-state index is 13.5. The molecule has 0 spiro atoms. The van der Waals surface area contributed by atoms with E-state index in [4.69, 9.17) is 0 Å². The van der Waals surface area contributed by atoms with Crippen molar-refractivity contribution < 1.29 is 19.0 Å². The van der Waals surface area contributed by atoms with Gasteiger partial charge < -0.3 is 20.4 Å². The first-order chi connectivity index (χ1) is 15.8. The molecule has 1 fully saturated rings. The molecule has 4 rings (SSSR count). The smallest absolute Gasteiger partial charge is 0.246 e. The average molecular weight is 459 g/mol. The van der Waals surface area contributed by atoms with Gasteiger partial charge in [0.05, 0.1) is 24.4 Å². The summed E-state index contributed by atoms with van der Waals surface area (Å²) in [6.07, 6.45) is 1.39. The summed E-state index contributed by atoms with van der Waals surface area (Å²) in [6.45, 7) is 6.65. The number of aryl methyl sites for hydroxylation is 1. The second kappa shape index (κ2) is 9.42. The van der Waals surface area contributed by atoms with Gasteiger partial charge in [0.25, 0.3) is 0 Å². The van der Waals surface area contributed by atoms with Crippen LogP contribution in [-0.4, -0.2) is 74.8 Å². The Morgan fingerprint density at radius 2 is 1.61 bits per heavy atom. The van der Waals surface area contributed by atoms with Crippen LogP contribution in [0.3, 0.4) is 0 Å². The van der Waals surface area contributed by atoms with E-state index >= 15 is 0 Å². The van der Waals surface area contributed by atoms with Crippen molar-refractivity contribution in [3.05, 3.63) is 59.9 Å². The number of benzene rings is 2. The van der Waals surface area contributed by atoms with Gasteiger partial charge in [0.2, 0.25) is 5.95 Å². The Kier molecular flexibility index (Phi) is 6.59. The Morgan fingerprint density at radius 3 is 2.24 bits per heavy atom. The Balaban J connectivity index is 1.47. The maximum absolute atomic E-state index is 13.5. The normalized spacial score (nSPS) is 15.2. The molecule has 0 bridgehead atoms. The van der Waals surface area contributed by atoms with Crippen LogP contribution in [0.1, 0.15) is 12.5 Å². The van der Waals surface area contributed by atoms with E-state index in [0.717, 1.165) is 49.2 Å². The highest BCUT2D eigenvalue weighted by Crippen LogP contribution is 2.26. The lowest BCUT2D eigenvalue weighted by Crippen LogP contribution is -2.59. The molecule has 0 atom stereocenters. The van der Waals surface area contributed by atoms with E-state index < -0.39 is 17.2 Å². The highest BCUT2D eigenvalue weighted by Gasteiger charge is 2.33. The van der Waals surface area contributed by atoms with Gasteiger partial charge in [-0.25, -0.2) is 13.5 Å². The zero-order valence-electron chi connectivity index (χ0n) is 18.7. The summed E-state index contributed by atoms with van der Waals surface area (Å²) in [7, 11) is 0. The van der Waals surface area contributed by atoms with Crippen molar-refractivity contribution in [3.8, 4) is 5.69 Å². The molecule has 1 aliphatic rings. The Morgan fingerprint density at radius 1 is 0.939 bits per heavy atom. The largest absolute Gasteiger partial charge is 0.394 e. The molecule has 0 radical (unpaired) electrons. The summed E-state index contributed by atoms with van der Waals surface area (Å²) >= 11 is 0. The van der Waals surface area contributed by atoms with Crippen LogP contribution in [0, 0.1) is 18.6 Å². The first kappa shape index (κ1) is 23.1. The predicted molar refractivity (Wildman–Crippen MR) is 122 cm³/mol. The Labute approximate surface area is 191 Å². The molecule has 1 aliphatic heterocycles. The minimum Gasteiger partial charge on any atom is -0.394 e. The van der Waals surface area contributed by atoms with Crippen LogP contribution in [0.15, 0.2) is 42.7 Å². The van der Waals surface area contributed by atoms with E-state index in [-0.39, 0.29) is 18.9 Å². The number of rotatable bonds is 7. The first-order valence-electron chi connectivity index (χ1n) is 10.8. The molecule has 0 amide bonds. The minimum absolute atomic E-state index is 0.0933. The number of aliphatic hydroxyl groups excluding tert-OH is 2. The molecular weight excluding hydrogens is 430 g/mol. The molecular formula is C23H28F2N6O2. The fourth-order valence-electron chi connectivity index (χ4n) is 4.02. The van der Waals surface area contributed by atoms with E-state index in [0.29, 0.717) is 5.95 Å². The molecule has 0 aliphatic carbocycles. The quantitative estimate of drug-likeness (QED) is 0.501. The number of halogens is 2. The van der Waals surface area contributed by atoms with Crippen molar-refractivity contribution in [2.75, 3.05) is 49.6 Å². The van der Waals surface area contributed by atoms with Crippen molar-refractivity contribution in [3.63, 3.8) is 0 Å². The van der Waals surface area contributed by atoms with Crippen LogP contribution in [0.25, 0.3) is 5.69 Å². The molecule has 0 unspecified atom stereocenters. The average Bonchev–Trinajstić information content (AvgIpc) is 3.26. The molecule has 1 aromatic heterocycles. The number of piperazine rings is 1.